The molecule has 6 nitrogen and oxygen atoms in total. The highest BCUT2D eigenvalue weighted by atomic mass is 16.6. The molecule has 6 heteroatoms. The lowest BCUT2D eigenvalue weighted by Gasteiger charge is -2.21. The molecule has 1 aromatic rings. The summed E-state index contributed by atoms with van der Waals surface area (Å²) in [6.07, 6.45) is 4.44. The third-order valence-corrected chi connectivity index (χ3v) is 3.44. The van der Waals surface area contributed by atoms with Crippen LogP contribution in [0.4, 0.5) is 15.3 Å². The van der Waals surface area contributed by atoms with Gasteiger partial charge in [-0.3, -0.25) is 5.32 Å². The molecule has 0 saturated heterocycles. The third-order valence-electron chi connectivity index (χ3n) is 3.44. The summed E-state index contributed by atoms with van der Waals surface area (Å²) >= 11 is 0. The number of hydrogen-bond donors (Lipinski definition) is 1. The van der Waals surface area contributed by atoms with Crippen LogP contribution in [0.1, 0.15) is 39.5 Å². The molecule has 0 heterocycles. The van der Waals surface area contributed by atoms with Gasteiger partial charge >= 0.3 is 12.2 Å². The van der Waals surface area contributed by atoms with E-state index in [0.717, 1.165) is 25.7 Å². The summed E-state index contributed by atoms with van der Waals surface area (Å²) in [5.41, 5.74) is 0.494. The number of carbonyl (C=O) groups is 2. The molecule has 0 radical (unpaired) electrons. The van der Waals surface area contributed by atoms with Crippen LogP contribution in [0.3, 0.4) is 0 Å². The summed E-state index contributed by atoms with van der Waals surface area (Å²) in [7, 11) is 0. The zero-order valence-corrected chi connectivity index (χ0v) is 15.1. The van der Waals surface area contributed by atoms with Gasteiger partial charge in [0.15, 0.2) is 0 Å². The van der Waals surface area contributed by atoms with Gasteiger partial charge in [0.2, 0.25) is 0 Å². The molecule has 0 aliphatic carbocycles. The molecule has 138 valence electrons. The smallest absolute Gasteiger partial charge is 0.415 e. The normalized spacial score (nSPS) is 10.0. The van der Waals surface area contributed by atoms with Crippen LogP contribution in [0, 0.1) is 0 Å². The van der Waals surface area contributed by atoms with Crippen LogP contribution < -0.4 is 10.1 Å². The number of hydrogen-bond acceptors (Lipinski definition) is 4. The predicted molar refractivity (Wildman–Crippen MR) is 99.0 cm³/mol. The zero-order valence-electron chi connectivity index (χ0n) is 15.1. The Hall–Kier alpha value is -2.50. The summed E-state index contributed by atoms with van der Waals surface area (Å²) < 4.78 is 10.3. The molecule has 0 aliphatic rings. The number of carbonyl (C=O) groups excluding carboxylic acids is 2. The zero-order chi connectivity index (χ0) is 18.5. The topological polar surface area (TPSA) is 67.9 Å². The van der Waals surface area contributed by atoms with Crippen molar-refractivity contribution in [2.75, 3.05) is 25.0 Å². The first-order chi connectivity index (χ1) is 12.1. The van der Waals surface area contributed by atoms with E-state index in [2.05, 4.69) is 25.7 Å². The Bertz CT molecular complexity index is 552. The molecule has 0 bridgehead atoms. The third kappa shape index (κ3) is 8.24. The number of nitrogens with zero attached hydrogens (tertiary/aromatic N) is 1. The monoisotopic (exact) mass is 348 g/mol. The average Bonchev–Trinajstić information content (AvgIpc) is 2.60. The van der Waals surface area contributed by atoms with Gasteiger partial charge in [0.25, 0.3) is 0 Å². The molecule has 0 spiro atoms. The lowest BCUT2D eigenvalue weighted by atomic mass is 10.3. The van der Waals surface area contributed by atoms with E-state index in [1.165, 1.54) is 6.08 Å². The minimum Gasteiger partial charge on any atom is -0.445 e. The van der Waals surface area contributed by atoms with Crippen molar-refractivity contribution >= 4 is 17.9 Å². The van der Waals surface area contributed by atoms with Crippen molar-refractivity contribution < 1.29 is 19.1 Å². The molecular formula is C19H28N2O4. The van der Waals surface area contributed by atoms with Gasteiger partial charge in [0.1, 0.15) is 12.4 Å². The molecule has 1 rings (SSSR count). The Balaban J connectivity index is 2.66. The first-order valence-corrected chi connectivity index (χ1v) is 8.72. The van der Waals surface area contributed by atoms with Crippen LogP contribution in [0.15, 0.2) is 36.9 Å². The first-order valence-electron chi connectivity index (χ1n) is 8.72. The molecule has 0 unspecified atom stereocenters. The number of rotatable bonds is 10. The SMILES string of the molecule is C=CCOC(=O)Nc1cccc(OC(=O)N(CCCC)CCCC)c1. The fourth-order valence-electron chi connectivity index (χ4n) is 2.08. The van der Waals surface area contributed by atoms with Crippen LogP contribution >= 0.6 is 0 Å². The van der Waals surface area contributed by atoms with E-state index in [4.69, 9.17) is 9.47 Å². The fourth-order valence-corrected chi connectivity index (χ4v) is 2.08. The van der Waals surface area contributed by atoms with Gasteiger partial charge in [0.05, 0.1) is 0 Å². The van der Waals surface area contributed by atoms with E-state index in [-0.39, 0.29) is 12.7 Å². The lowest BCUT2D eigenvalue weighted by molar-refractivity contribution is 0.150. The Kier molecular flexibility index (Phi) is 9.82. The number of amides is 2. The van der Waals surface area contributed by atoms with Crippen molar-refractivity contribution in [1.82, 2.24) is 4.90 Å². The molecule has 0 aromatic heterocycles. The summed E-state index contributed by atoms with van der Waals surface area (Å²) in [5, 5.41) is 2.57. The highest BCUT2D eigenvalue weighted by Gasteiger charge is 2.15. The Morgan fingerprint density at radius 2 is 1.88 bits per heavy atom. The van der Waals surface area contributed by atoms with Gasteiger partial charge in [0, 0.05) is 24.8 Å². The maximum absolute atomic E-state index is 12.4. The van der Waals surface area contributed by atoms with Crippen molar-refractivity contribution in [3.8, 4) is 5.75 Å². The predicted octanol–water partition coefficient (Wildman–Crippen LogP) is 4.82. The molecule has 1 N–H and O–H groups in total. The molecule has 0 fully saturated rings. The van der Waals surface area contributed by atoms with E-state index >= 15 is 0 Å². The van der Waals surface area contributed by atoms with Crippen molar-refractivity contribution in [2.24, 2.45) is 0 Å². The van der Waals surface area contributed by atoms with Crippen LogP contribution in [0.2, 0.25) is 0 Å². The van der Waals surface area contributed by atoms with Crippen molar-refractivity contribution in [2.45, 2.75) is 39.5 Å². The van der Waals surface area contributed by atoms with Gasteiger partial charge in [-0.05, 0) is 25.0 Å². The summed E-state index contributed by atoms with van der Waals surface area (Å²) in [4.78, 5) is 25.7. The summed E-state index contributed by atoms with van der Waals surface area (Å²) in [5.74, 6) is 0.379. The molecular weight excluding hydrogens is 320 g/mol. The Morgan fingerprint density at radius 3 is 2.48 bits per heavy atom. The van der Waals surface area contributed by atoms with Gasteiger partial charge in [-0.15, -0.1) is 0 Å². The van der Waals surface area contributed by atoms with Crippen molar-refractivity contribution in [3.63, 3.8) is 0 Å². The van der Waals surface area contributed by atoms with Gasteiger partial charge in [-0.2, -0.15) is 0 Å². The van der Waals surface area contributed by atoms with Crippen LogP contribution in [0.5, 0.6) is 5.75 Å². The van der Waals surface area contributed by atoms with Crippen LogP contribution in [-0.2, 0) is 4.74 Å². The van der Waals surface area contributed by atoms with Crippen molar-refractivity contribution in [1.29, 1.82) is 0 Å². The minimum atomic E-state index is -0.587. The molecule has 25 heavy (non-hydrogen) atoms. The fraction of sp³-hybridized carbons (Fsp3) is 0.474. The highest BCUT2D eigenvalue weighted by Crippen LogP contribution is 2.18. The second kappa shape index (κ2) is 11.9. The van der Waals surface area contributed by atoms with E-state index in [1.54, 1.807) is 29.2 Å². The average molecular weight is 348 g/mol. The van der Waals surface area contributed by atoms with Crippen LogP contribution in [0.25, 0.3) is 0 Å². The number of nitrogens with one attached hydrogen (secondary N) is 1. The minimum absolute atomic E-state index is 0.129. The van der Waals surface area contributed by atoms with E-state index in [9.17, 15) is 9.59 Å². The lowest BCUT2D eigenvalue weighted by Crippen LogP contribution is -2.35. The molecule has 0 atom stereocenters. The summed E-state index contributed by atoms with van der Waals surface area (Å²) in [6.45, 7) is 9.15. The quantitative estimate of drug-likeness (QED) is 0.615. The number of unbranched alkanes of at least 4 members (excludes halogenated alkanes) is 2. The van der Waals surface area contributed by atoms with Gasteiger partial charge in [-0.1, -0.05) is 45.4 Å². The number of ether oxygens (including phenoxy) is 2. The van der Waals surface area contributed by atoms with Crippen molar-refractivity contribution in [3.05, 3.63) is 36.9 Å². The second-order valence-electron chi connectivity index (χ2n) is 5.60. The maximum Gasteiger partial charge on any atom is 0.415 e. The largest absolute Gasteiger partial charge is 0.445 e. The Morgan fingerprint density at radius 1 is 1.20 bits per heavy atom. The highest BCUT2D eigenvalue weighted by molar-refractivity contribution is 5.85. The second-order valence-corrected chi connectivity index (χ2v) is 5.60. The van der Waals surface area contributed by atoms with E-state index < -0.39 is 6.09 Å². The first kappa shape index (κ1) is 20.5. The van der Waals surface area contributed by atoms with Gasteiger partial charge in [-0.25, -0.2) is 9.59 Å². The van der Waals surface area contributed by atoms with Gasteiger partial charge < -0.3 is 14.4 Å². The number of anilines is 1. The van der Waals surface area contributed by atoms with Crippen LogP contribution in [-0.4, -0.2) is 36.8 Å². The standard InChI is InChI=1S/C19H28N2O4/c1-4-7-12-21(13-8-5-2)19(23)25-17-11-9-10-16(15-17)20-18(22)24-14-6-3/h6,9-11,15H,3-5,7-8,12-14H2,1-2H3,(H,20,22). The van der Waals surface area contributed by atoms with E-state index in [1.807, 2.05) is 0 Å². The Labute approximate surface area is 149 Å². The van der Waals surface area contributed by atoms with E-state index in [0.29, 0.717) is 24.5 Å². The molecule has 0 saturated carbocycles. The number of benzene rings is 1. The molecule has 1 aromatic carbocycles. The summed E-state index contributed by atoms with van der Waals surface area (Å²) in [6, 6.07) is 6.66. The molecule has 0 aliphatic heterocycles. The maximum atomic E-state index is 12.4. The molecule has 2 amide bonds.